The van der Waals surface area contributed by atoms with Gasteiger partial charge in [-0.25, -0.2) is 4.98 Å². The van der Waals surface area contributed by atoms with Gasteiger partial charge in [0.2, 0.25) is 0 Å². The molecule has 0 aliphatic rings. The SMILES string of the molecule is [N-]=[N+]=Nc1ccccc1CCNC(=S)Nc1nc(-c2cccnc2)cs1. The lowest BCUT2D eigenvalue weighted by Crippen LogP contribution is -2.30. The van der Waals surface area contributed by atoms with Crippen LogP contribution in [-0.4, -0.2) is 21.6 Å². The van der Waals surface area contributed by atoms with Crippen LogP contribution in [0.15, 0.2) is 59.3 Å². The lowest BCUT2D eigenvalue weighted by molar-refractivity contribution is 0.873. The predicted octanol–water partition coefficient (Wildman–Crippen LogP) is 4.68. The van der Waals surface area contributed by atoms with Gasteiger partial charge in [-0.3, -0.25) is 4.98 Å². The standard InChI is InChI=1S/C17H15N7S2/c18-24-23-14-6-2-1-4-12(14)7-9-20-16(25)22-17-21-15(11-26-17)13-5-3-8-19-10-13/h1-6,8,10-11H,7,9H2,(H2,20,21,22,25). The molecule has 0 bridgehead atoms. The van der Waals surface area contributed by atoms with E-state index in [1.807, 2.05) is 35.7 Å². The maximum atomic E-state index is 8.61. The molecule has 0 saturated heterocycles. The number of thiocarbonyl (C=S) groups is 1. The molecule has 0 spiro atoms. The van der Waals surface area contributed by atoms with Crippen LogP contribution in [0.4, 0.5) is 10.8 Å². The second kappa shape index (κ2) is 8.91. The number of thiazole rings is 1. The first-order valence-electron chi connectivity index (χ1n) is 7.80. The Labute approximate surface area is 159 Å². The summed E-state index contributed by atoms with van der Waals surface area (Å²) < 4.78 is 0. The van der Waals surface area contributed by atoms with Crippen LogP contribution < -0.4 is 10.6 Å². The highest BCUT2D eigenvalue weighted by Gasteiger charge is 2.06. The molecule has 9 heteroatoms. The lowest BCUT2D eigenvalue weighted by atomic mass is 10.1. The van der Waals surface area contributed by atoms with Crippen LogP contribution in [-0.2, 0) is 6.42 Å². The first-order chi connectivity index (χ1) is 12.8. The van der Waals surface area contributed by atoms with Crippen molar-refractivity contribution in [2.75, 3.05) is 11.9 Å². The van der Waals surface area contributed by atoms with Gasteiger partial charge in [-0.05, 0) is 41.9 Å². The number of aromatic nitrogens is 2. The molecule has 2 N–H and O–H groups in total. The van der Waals surface area contributed by atoms with Gasteiger partial charge in [-0.1, -0.05) is 29.4 Å². The molecule has 2 heterocycles. The summed E-state index contributed by atoms with van der Waals surface area (Å²) in [6, 6.07) is 11.3. The summed E-state index contributed by atoms with van der Waals surface area (Å²) in [5.41, 5.74) is 12.0. The first kappa shape index (κ1) is 17.8. The minimum absolute atomic E-state index is 0.498. The van der Waals surface area contributed by atoms with Crippen molar-refractivity contribution in [2.24, 2.45) is 5.11 Å². The van der Waals surface area contributed by atoms with E-state index in [1.54, 1.807) is 18.5 Å². The number of nitrogens with one attached hydrogen (secondary N) is 2. The van der Waals surface area contributed by atoms with E-state index in [1.165, 1.54) is 11.3 Å². The van der Waals surface area contributed by atoms with E-state index in [0.29, 0.717) is 23.8 Å². The number of hydrogen-bond donors (Lipinski definition) is 2. The Morgan fingerprint density at radius 2 is 2.15 bits per heavy atom. The molecule has 0 atom stereocenters. The van der Waals surface area contributed by atoms with Crippen LogP contribution in [0.2, 0.25) is 0 Å². The van der Waals surface area contributed by atoms with E-state index in [0.717, 1.165) is 22.0 Å². The second-order valence-electron chi connectivity index (χ2n) is 5.23. The molecule has 26 heavy (non-hydrogen) atoms. The Morgan fingerprint density at radius 3 is 2.96 bits per heavy atom. The Morgan fingerprint density at radius 1 is 1.27 bits per heavy atom. The Kier molecular flexibility index (Phi) is 6.10. The molecule has 3 aromatic rings. The molecule has 0 amide bonds. The van der Waals surface area contributed by atoms with Crippen molar-refractivity contribution in [3.63, 3.8) is 0 Å². The molecule has 0 saturated carbocycles. The van der Waals surface area contributed by atoms with E-state index >= 15 is 0 Å². The maximum absolute atomic E-state index is 8.61. The molecule has 130 valence electrons. The summed E-state index contributed by atoms with van der Waals surface area (Å²) >= 11 is 6.79. The second-order valence-corrected chi connectivity index (χ2v) is 6.50. The highest BCUT2D eigenvalue weighted by Crippen LogP contribution is 2.24. The third-order valence-electron chi connectivity index (χ3n) is 3.51. The third kappa shape index (κ3) is 4.76. The van der Waals surface area contributed by atoms with Gasteiger partial charge < -0.3 is 10.6 Å². The Balaban J connectivity index is 1.52. The number of pyridine rings is 1. The van der Waals surface area contributed by atoms with E-state index in [4.69, 9.17) is 17.7 Å². The van der Waals surface area contributed by atoms with Gasteiger partial charge in [-0.15, -0.1) is 11.3 Å². The van der Waals surface area contributed by atoms with Crippen LogP contribution in [0.5, 0.6) is 0 Å². The molecule has 2 aromatic heterocycles. The quantitative estimate of drug-likeness (QED) is 0.280. The fourth-order valence-electron chi connectivity index (χ4n) is 2.30. The molecular formula is C17H15N7S2. The van der Waals surface area contributed by atoms with Crippen molar-refractivity contribution in [3.8, 4) is 11.3 Å². The maximum Gasteiger partial charge on any atom is 0.189 e. The number of rotatable bonds is 6. The van der Waals surface area contributed by atoms with Crippen molar-refractivity contribution in [1.82, 2.24) is 15.3 Å². The zero-order chi connectivity index (χ0) is 18.2. The van der Waals surface area contributed by atoms with Gasteiger partial charge in [0.15, 0.2) is 10.2 Å². The fraction of sp³-hybridized carbons (Fsp3) is 0.118. The normalized spacial score (nSPS) is 10.0. The minimum atomic E-state index is 0.498. The fourth-order valence-corrected chi connectivity index (χ4v) is 3.29. The van der Waals surface area contributed by atoms with Crippen molar-refractivity contribution < 1.29 is 0 Å². The van der Waals surface area contributed by atoms with Gasteiger partial charge in [0.05, 0.1) is 5.69 Å². The van der Waals surface area contributed by atoms with Gasteiger partial charge in [-0.2, -0.15) is 0 Å². The molecule has 0 unspecified atom stereocenters. The summed E-state index contributed by atoms with van der Waals surface area (Å²) in [4.78, 5) is 11.5. The third-order valence-corrected chi connectivity index (χ3v) is 4.51. The Hall–Kier alpha value is -3.00. The minimum Gasteiger partial charge on any atom is -0.362 e. The summed E-state index contributed by atoms with van der Waals surface area (Å²) in [6.07, 6.45) is 4.19. The molecule has 0 radical (unpaired) electrons. The summed E-state index contributed by atoms with van der Waals surface area (Å²) in [7, 11) is 0. The monoisotopic (exact) mass is 381 g/mol. The topological polar surface area (TPSA) is 98.6 Å². The van der Waals surface area contributed by atoms with E-state index < -0.39 is 0 Å². The average molecular weight is 381 g/mol. The van der Waals surface area contributed by atoms with Gasteiger partial charge in [0.1, 0.15) is 0 Å². The van der Waals surface area contributed by atoms with Gasteiger partial charge >= 0.3 is 0 Å². The molecular weight excluding hydrogens is 366 g/mol. The lowest BCUT2D eigenvalue weighted by Gasteiger charge is -2.09. The number of benzene rings is 1. The summed E-state index contributed by atoms with van der Waals surface area (Å²) in [5, 5.41) is 13.1. The van der Waals surface area contributed by atoms with Crippen molar-refractivity contribution in [1.29, 1.82) is 0 Å². The van der Waals surface area contributed by atoms with E-state index in [-0.39, 0.29) is 0 Å². The zero-order valence-corrected chi connectivity index (χ0v) is 15.3. The first-order valence-corrected chi connectivity index (χ1v) is 9.09. The van der Waals surface area contributed by atoms with Crippen LogP contribution in [0.3, 0.4) is 0 Å². The summed E-state index contributed by atoms with van der Waals surface area (Å²) in [6.45, 7) is 0.616. The van der Waals surface area contributed by atoms with Crippen LogP contribution in [0, 0.1) is 0 Å². The predicted molar refractivity (Wildman–Crippen MR) is 109 cm³/mol. The smallest absolute Gasteiger partial charge is 0.189 e. The number of nitrogens with zero attached hydrogens (tertiary/aromatic N) is 5. The number of hydrogen-bond acceptors (Lipinski definition) is 5. The van der Waals surface area contributed by atoms with Crippen LogP contribution in [0.25, 0.3) is 21.7 Å². The molecule has 1 aromatic carbocycles. The molecule has 0 aliphatic heterocycles. The van der Waals surface area contributed by atoms with Gasteiger partial charge in [0.25, 0.3) is 0 Å². The summed E-state index contributed by atoms with van der Waals surface area (Å²) in [5.74, 6) is 0. The zero-order valence-electron chi connectivity index (χ0n) is 13.7. The van der Waals surface area contributed by atoms with Gasteiger partial charge in [0, 0.05) is 40.5 Å². The van der Waals surface area contributed by atoms with E-state index in [2.05, 4.69) is 30.6 Å². The van der Waals surface area contributed by atoms with Crippen molar-refractivity contribution in [2.45, 2.75) is 6.42 Å². The molecule has 0 aliphatic carbocycles. The number of azide groups is 1. The highest BCUT2D eigenvalue weighted by atomic mass is 32.1. The number of anilines is 1. The van der Waals surface area contributed by atoms with E-state index in [9.17, 15) is 0 Å². The Bertz CT molecular complexity index is 933. The largest absolute Gasteiger partial charge is 0.362 e. The molecule has 3 rings (SSSR count). The molecule has 0 fully saturated rings. The van der Waals surface area contributed by atoms with Crippen LogP contribution in [0.1, 0.15) is 5.56 Å². The van der Waals surface area contributed by atoms with Crippen LogP contribution >= 0.6 is 23.6 Å². The van der Waals surface area contributed by atoms with Crippen molar-refractivity contribution in [3.05, 3.63) is 70.2 Å². The van der Waals surface area contributed by atoms with Crippen molar-refractivity contribution >= 4 is 39.5 Å². The average Bonchev–Trinajstić information content (AvgIpc) is 3.12. The molecule has 7 nitrogen and oxygen atoms in total. The highest BCUT2D eigenvalue weighted by molar-refractivity contribution is 7.80.